The van der Waals surface area contributed by atoms with Crippen molar-refractivity contribution in [2.75, 3.05) is 31.2 Å². The molecule has 0 amide bonds. The number of para-hydroxylation sites is 1. The van der Waals surface area contributed by atoms with E-state index in [1.165, 1.54) is 5.69 Å². The van der Waals surface area contributed by atoms with Crippen molar-refractivity contribution in [3.8, 4) is 11.1 Å². The average molecular weight is 341 g/mol. The number of carbonyl (C=O) groups is 1. The fourth-order valence-corrected chi connectivity index (χ4v) is 3.66. The number of thiol groups is 1. The third-order valence-electron chi connectivity index (χ3n) is 4.59. The Morgan fingerprint density at radius 2 is 1.88 bits per heavy atom. The standard InChI is InChI=1S/C20H23NO2S/c1-3-18(22)15-8-9-19(24)20(14(15)2)16-6-4-5-7-17(16)21-10-12-23-13-11-21/h4-9,24H,3,10-13H2,1-2H3. The van der Waals surface area contributed by atoms with Crippen LogP contribution in [-0.2, 0) is 4.74 Å². The number of morpholine rings is 1. The SMILES string of the molecule is CCC(=O)c1ccc(S)c(-c2ccccc2N2CCOCC2)c1C. The molecule has 4 heteroatoms. The molecule has 1 aliphatic heterocycles. The van der Waals surface area contributed by atoms with E-state index in [-0.39, 0.29) is 5.78 Å². The number of anilines is 1. The van der Waals surface area contributed by atoms with E-state index in [0.717, 1.165) is 53.5 Å². The minimum Gasteiger partial charge on any atom is -0.378 e. The fraction of sp³-hybridized carbons (Fsp3) is 0.350. The summed E-state index contributed by atoms with van der Waals surface area (Å²) >= 11 is 4.68. The van der Waals surface area contributed by atoms with Crippen LogP contribution in [0.25, 0.3) is 11.1 Å². The van der Waals surface area contributed by atoms with Gasteiger partial charge < -0.3 is 9.64 Å². The number of ketones is 1. The van der Waals surface area contributed by atoms with Crippen LogP contribution < -0.4 is 4.90 Å². The molecule has 1 saturated heterocycles. The topological polar surface area (TPSA) is 29.5 Å². The molecule has 1 heterocycles. The van der Waals surface area contributed by atoms with Crippen LogP contribution in [0.5, 0.6) is 0 Å². The Bertz CT molecular complexity index is 751. The lowest BCUT2D eigenvalue weighted by Crippen LogP contribution is -2.36. The molecule has 0 aromatic heterocycles. The lowest BCUT2D eigenvalue weighted by Gasteiger charge is -2.31. The molecule has 1 fully saturated rings. The second-order valence-electron chi connectivity index (χ2n) is 6.03. The number of nitrogens with zero attached hydrogens (tertiary/aromatic N) is 1. The molecule has 0 atom stereocenters. The molecular formula is C20H23NO2S. The van der Waals surface area contributed by atoms with Gasteiger partial charge in [0.05, 0.1) is 13.2 Å². The molecule has 126 valence electrons. The summed E-state index contributed by atoms with van der Waals surface area (Å²) in [7, 11) is 0. The van der Waals surface area contributed by atoms with Crippen LogP contribution in [0.15, 0.2) is 41.3 Å². The highest BCUT2D eigenvalue weighted by atomic mass is 32.1. The Morgan fingerprint density at radius 1 is 1.17 bits per heavy atom. The summed E-state index contributed by atoms with van der Waals surface area (Å²) in [5, 5.41) is 0. The molecule has 3 nitrogen and oxygen atoms in total. The highest BCUT2D eigenvalue weighted by molar-refractivity contribution is 7.80. The van der Waals surface area contributed by atoms with Crippen LogP contribution >= 0.6 is 12.6 Å². The molecule has 0 bridgehead atoms. The van der Waals surface area contributed by atoms with Crippen molar-refractivity contribution in [3.63, 3.8) is 0 Å². The van der Waals surface area contributed by atoms with Crippen LogP contribution in [-0.4, -0.2) is 32.1 Å². The van der Waals surface area contributed by atoms with Gasteiger partial charge in [-0.1, -0.05) is 31.2 Å². The van der Waals surface area contributed by atoms with Gasteiger partial charge in [0.15, 0.2) is 5.78 Å². The second-order valence-corrected chi connectivity index (χ2v) is 6.51. The molecular weight excluding hydrogens is 318 g/mol. The van der Waals surface area contributed by atoms with Crippen LogP contribution in [0.4, 0.5) is 5.69 Å². The first kappa shape index (κ1) is 17.1. The Labute approximate surface area is 149 Å². The largest absolute Gasteiger partial charge is 0.378 e. The number of carbonyl (C=O) groups excluding carboxylic acids is 1. The van der Waals surface area contributed by atoms with E-state index in [0.29, 0.717) is 6.42 Å². The zero-order valence-corrected chi connectivity index (χ0v) is 15.1. The quantitative estimate of drug-likeness (QED) is 0.661. The Kier molecular flexibility index (Phi) is 5.27. The summed E-state index contributed by atoms with van der Waals surface area (Å²) in [6.45, 7) is 7.17. The van der Waals surface area contributed by atoms with Crippen LogP contribution in [0.1, 0.15) is 29.3 Å². The number of benzene rings is 2. The van der Waals surface area contributed by atoms with E-state index in [1.54, 1.807) is 0 Å². The molecule has 24 heavy (non-hydrogen) atoms. The zero-order chi connectivity index (χ0) is 17.1. The summed E-state index contributed by atoms with van der Waals surface area (Å²) in [6, 6.07) is 12.2. The van der Waals surface area contributed by atoms with Gasteiger partial charge in [-0.25, -0.2) is 0 Å². The molecule has 2 aromatic carbocycles. The first-order valence-electron chi connectivity index (χ1n) is 8.41. The van der Waals surface area contributed by atoms with Crippen molar-refractivity contribution in [1.82, 2.24) is 0 Å². The monoisotopic (exact) mass is 341 g/mol. The van der Waals surface area contributed by atoms with Gasteiger partial charge >= 0.3 is 0 Å². The van der Waals surface area contributed by atoms with Crippen molar-refractivity contribution in [1.29, 1.82) is 0 Å². The minimum atomic E-state index is 0.172. The highest BCUT2D eigenvalue weighted by Gasteiger charge is 2.20. The molecule has 0 spiro atoms. The van der Waals surface area contributed by atoms with Crippen molar-refractivity contribution in [2.24, 2.45) is 0 Å². The minimum absolute atomic E-state index is 0.172. The van der Waals surface area contributed by atoms with Crippen molar-refractivity contribution >= 4 is 24.1 Å². The zero-order valence-electron chi connectivity index (χ0n) is 14.2. The lowest BCUT2D eigenvalue weighted by atomic mass is 9.92. The maximum Gasteiger partial charge on any atom is 0.162 e. The van der Waals surface area contributed by atoms with Gasteiger partial charge in [0.2, 0.25) is 0 Å². The van der Waals surface area contributed by atoms with Gasteiger partial charge in [-0.2, -0.15) is 0 Å². The molecule has 2 aromatic rings. The van der Waals surface area contributed by atoms with Crippen LogP contribution in [0.2, 0.25) is 0 Å². The van der Waals surface area contributed by atoms with E-state index >= 15 is 0 Å². The number of rotatable bonds is 4. The first-order valence-corrected chi connectivity index (χ1v) is 8.86. The van der Waals surface area contributed by atoms with Gasteiger partial charge in [0, 0.05) is 46.8 Å². The highest BCUT2D eigenvalue weighted by Crippen LogP contribution is 2.38. The third kappa shape index (κ3) is 3.21. The maximum atomic E-state index is 12.3. The average Bonchev–Trinajstić information content (AvgIpc) is 2.62. The van der Waals surface area contributed by atoms with E-state index < -0.39 is 0 Å². The maximum absolute atomic E-state index is 12.3. The number of hydrogen-bond acceptors (Lipinski definition) is 4. The molecule has 0 unspecified atom stereocenters. The van der Waals surface area contributed by atoms with Crippen LogP contribution in [0.3, 0.4) is 0 Å². The molecule has 0 aliphatic carbocycles. The van der Waals surface area contributed by atoms with Gasteiger partial charge in [-0.15, -0.1) is 12.6 Å². The Balaban J connectivity index is 2.14. The van der Waals surface area contributed by atoms with E-state index in [2.05, 4.69) is 35.7 Å². The van der Waals surface area contributed by atoms with Gasteiger partial charge in [-0.3, -0.25) is 4.79 Å². The summed E-state index contributed by atoms with van der Waals surface area (Å²) in [5.41, 5.74) is 5.17. The van der Waals surface area contributed by atoms with E-state index in [9.17, 15) is 4.79 Å². The normalized spacial score (nSPS) is 14.7. The third-order valence-corrected chi connectivity index (χ3v) is 4.96. The van der Waals surface area contributed by atoms with Crippen molar-refractivity contribution in [3.05, 3.63) is 47.5 Å². The smallest absolute Gasteiger partial charge is 0.162 e. The van der Waals surface area contributed by atoms with Gasteiger partial charge in [0.1, 0.15) is 0 Å². The van der Waals surface area contributed by atoms with Crippen molar-refractivity contribution in [2.45, 2.75) is 25.2 Å². The summed E-state index contributed by atoms with van der Waals surface area (Å²) in [4.78, 5) is 15.5. The fourth-order valence-electron chi connectivity index (χ4n) is 3.29. The Hall–Kier alpha value is -1.78. The Morgan fingerprint density at radius 3 is 2.58 bits per heavy atom. The second kappa shape index (κ2) is 7.41. The van der Waals surface area contributed by atoms with Crippen LogP contribution in [0, 0.1) is 6.92 Å². The predicted molar refractivity (Wildman–Crippen MR) is 102 cm³/mol. The van der Waals surface area contributed by atoms with Crippen molar-refractivity contribution < 1.29 is 9.53 Å². The summed E-state index contributed by atoms with van der Waals surface area (Å²) in [6.07, 6.45) is 0.511. The summed E-state index contributed by atoms with van der Waals surface area (Å²) in [5.74, 6) is 0.172. The number of ether oxygens (including phenoxy) is 1. The number of hydrogen-bond donors (Lipinski definition) is 1. The summed E-state index contributed by atoms with van der Waals surface area (Å²) < 4.78 is 5.48. The van der Waals surface area contributed by atoms with Gasteiger partial charge in [-0.05, 0) is 24.6 Å². The molecule has 1 aliphatic rings. The molecule has 0 radical (unpaired) electrons. The number of Topliss-reactive ketones (excluding diaryl/α,β-unsaturated/α-hetero) is 1. The molecule has 0 saturated carbocycles. The molecule has 3 rings (SSSR count). The lowest BCUT2D eigenvalue weighted by molar-refractivity contribution is 0.0987. The van der Waals surface area contributed by atoms with E-state index in [4.69, 9.17) is 4.74 Å². The first-order chi connectivity index (χ1) is 11.6. The predicted octanol–water partition coefficient (Wildman–Crippen LogP) is 4.38. The van der Waals surface area contributed by atoms with E-state index in [1.807, 2.05) is 32.0 Å². The van der Waals surface area contributed by atoms with Gasteiger partial charge in [0.25, 0.3) is 0 Å². The molecule has 0 N–H and O–H groups in total.